The molecule has 0 atom stereocenters. The number of piperazine rings is 1. The molecule has 0 spiro atoms. The van der Waals surface area contributed by atoms with Crippen molar-refractivity contribution in [3.63, 3.8) is 0 Å². The van der Waals surface area contributed by atoms with Crippen molar-refractivity contribution in [1.29, 1.82) is 5.26 Å². The summed E-state index contributed by atoms with van der Waals surface area (Å²) in [5.74, 6) is -2.08. The fraction of sp³-hybridized carbons (Fsp3) is 0.417. The van der Waals surface area contributed by atoms with Crippen LogP contribution >= 0.6 is 0 Å². The Morgan fingerprint density at radius 3 is 2.39 bits per heavy atom. The van der Waals surface area contributed by atoms with Crippen molar-refractivity contribution in [3.05, 3.63) is 47.7 Å². The first-order valence-electron chi connectivity index (χ1n) is 11.6. The summed E-state index contributed by atoms with van der Waals surface area (Å²) in [4.78, 5) is 32.2. The Bertz CT molecular complexity index is 1370. The van der Waals surface area contributed by atoms with Crippen molar-refractivity contribution in [2.24, 2.45) is 0 Å². The van der Waals surface area contributed by atoms with Gasteiger partial charge >= 0.3 is 6.09 Å². The number of sulfonamides is 1. The highest BCUT2D eigenvalue weighted by atomic mass is 32.2. The zero-order valence-corrected chi connectivity index (χ0v) is 21.9. The molecule has 0 aliphatic carbocycles. The predicted octanol–water partition coefficient (Wildman–Crippen LogP) is 2.85. The number of halogens is 2. The first kappa shape index (κ1) is 28.6. The Labute approximate surface area is 219 Å². The van der Waals surface area contributed by atoms with E-state index in [4.69, 9.17) is 0 Å². The lowest BCUT2D eigenvalue weighted by Gasteiger charge is -2.37. The fourth-order valence-electron chi connectivity index (χ4n) is 4.00. The summed E-state index contributed by atoms with van der Waals surface area (Å²) in [5.41, 5.74) is -0.658. The van der Waals surface area contributed by atoms with Crippen molar-refractivity contribution in [2.75, 3.05) is 42.3 Å². The number of pyridine rings is 1. The standard InChI is InChI=1S/C24H28F2N6O5S/c1-24(2,3)32(23(34)35)7-6-21(33)30-8-10-31(11-9-30)22-16(14-27)12-18(15-28-22)29-38(36,37)20-5-4-17(25)13-19(20)26/h4-5,12-13,15,29H,6-11H2,1-3H3,(H,34,35). The first-order chi connectivity index (χ1) is 17.7. The maximum atomic E-state index is 14.0. The molecule has 1 saturated heterocycles. The molecule has 1 fully saturated rings. The van der Waals surface area contributed by atoms with Gasteiger partial charge in [0.15, 0.2) is 0 Å². The number of nitriles is 1. The van der Waals surface area contributed by atoms with Crippen LogP contribution in [0.4, 0.5) is 25.1 Å². The quantitative estimate of drug-likeness (QED) is 0.535. The molecule has 2 heterocycles. The third-order valence-electron chi connectivity index (χ3n) is 5.94. The number of amides is 2. The third kappa shape index (κ3) is 6.65. The fourth-order valence-corrected chi connectivity index (χ4v) is 5.10. The summed E-state index contributed by atoms with van der Waals surface area (Å²) >= 11 is 0. The summed E-state index contributed by atoms with van der Waals surface area (Å²) in [5, 5.41) is 19.0. The normalized spacial score (nSPS) is 14.1. The van der Waals surface area contributed by atoms with Crippen LogP contribution in [0.1, 0.15) is 32.8 Å². The first-order valence-corrected chi connectivity index (χ1v) is 13.1. The van der Waals surface area contributed by atoms with E-state index in [1.807, 2.05) is 6.07 Å². The minimum atomic E-state index is -4.41. The second-order valence-electron chi connectivity index (χ2n) is 9.61. The van der Waals surface area contributed by atoms with Crippen LogP contribution in [0.15, 0.2) is 35.4 Å². The lowest BCUT2D eigenvalue weighted by Crippen LogP contribution is -2.51. The maximum Gasteiger partial charge on any atom is 0.407 e. The van der Waals surface area contributed by atoms with Crippen LogP contribution in [0.2, 0.25) is 0 Å². The molecule has 0 saturated carbocycles. The van der Waals surface area contributed by atoms with E-state index < -0.39 is 38.2 Å². The molecule has 204 valence electrons. The highest BCUT2D eigenvalue weighted by Crippen LogP contribution is 2.25. The van der Waals surface area contributed by atoms with Gasteiger partial charge in [-0.2, -0.15) is 5.26 Å². The molecule has 38 heavy (non-hydrogen) atoms. The number of carbonyl (C=O) groups is 2. The van der Waals surface area contributed by atoms with Crippen LogP contribution < -0.4 is 9.62 Å². The number of carboxylic acid groups (broad SMARTS) is 1. The van der Waals surface area contributed by atoms with Crippen molar-refractivity contribution >= 4 is 33.5 Å². The highest BCUT2D eigenvalue weighted by molar-refractivity contribution is 7.92. The Morgan fingerprint density at radius 2 is 1.84 bits per heavy atom. The molecule has 11 nitrogen and oxygen atoms in total. The number of nitrogens with zero attached hydrogens (tertiary/aromatic N) is 5. The van der Waals surface area contributed by atoms with Gasteiger partial charge in [-0.15, -0.1) is 0 Å². The number of carbonyl (C=O) groups excluding carboxylic acids is 1. The minimum absolute atomic E-state index is 0.0365. The third-order valence-corrected chi connectivity index (χ3v) is 7.36. The summed E-state index contributed by atoms with van der Waals surface area (Å²) in [6.07, 6.45) is 0.118. The van der Waals surface area contributed by atoms with E-state index in [2.05, 4.69) is 9.71 Å². The van der Waals surface area contributed by atoms with Gasteiger partial charge in [-0.05, 0) is 39.0 Å². The molecular weight excluding hydrogens is 522 g/mol. The monoisotopic (exact) mass is 550 g/mol. The van der Waals surface area contributed by atoms with Gasteiger partial charge in [0, 0.05) is 50.7 Å². The van der Waals surface area contributed by atoms with Gasteiger partial charge in [0.2, 0.25) is 5.91 Å². The van der Waals surface area contributed by atoms with Crippen LogP contribution in [0.25, 0.3) is 0 Å². The molecule has 1 aliphatic heterocycles. The lowest BCUT2D eigenvalue weighted by atomic mass is 10.1. The molecule has 3 rings (SSSR count). The summed E-state index contributed by atoms with van der Waals surface area (Å²) in [6.45, 7) is 6.67. The lowest BCUT2D eigenvalue weighted by molar-refractivity contribution is -0.131. The van der Waals surface area contributed by atoms with Gasteiger partial charge in [-0.25, -0.2) is 27.0 Å². The molecule has 1 aromatic heterocycles. The van der Waals surface area contributed by atoms with Crippen molar-refractivity contribution in [1.82, 2.24) is 14.8 Å². The van der Waals surface area contributed by atoms with E-state index >= 15 is 0 Å². The molecule has 0 radical (unpaired) electrons. The number of aromatic nitrogens is 1. The van der Waals surface area contributed by atoms with Gasteiger partial charge in [0.1, 0.15) is 28.4 Å². The number of benzene rings is 1. The van der Waals surface area contributed by atoms with Gasteiger partial charge in [-0.1, -0.05) is 0 Å². The molecule has 14 heteroatoms. The van der Waals surface area contributed by atoms with Gasteiger partial charge in [0.25, 0.3) is 10.0 Å². The number of rotatable bonds is 7. The minimum Gasteiger partial charge on any atom is -0.465 e. The van der Waals surface area contributed by atoms with E-state index in [1.54, 1.807) is 30.6 Å². The summed E-state index contributed by atoms with van der Waals surface area (Å²) in [7, 11) is -4.41. The molecule has 2 aromatic rings. The maximum absolute atomic E-state index is 14.0. The molecule has 2 amide bonds. The SMILES string of the molecule is CC(C)(C)N(CCC(=O)N1CCN(c2ncc(NS(=O)(=O)c3ccc(F)cc3F)cc2C#N)CC1)C(=O)O. The molecule has 2 N–H and O–H groups in total. The number of hydrogen-bond acceptors (Lipinski definition) is 7. The Balaban J connectivity index is 1.65. The van der Waals surface area contributed by atoms with Crippen LogP contribution in [0.3, 0.4) is 0 Å². The zero-order chi connectivity index (χ0) is 28.3. The predicted molar refractivity (Wildman–Crippen MR) is 134 cm³/mol. The molecular formula is C24H28F2N6O5S. The van der Waals surface area contributed by atoms with E-state index in [-0.39, 0.29) is 30.1 Å². The van der Waals surface area contributed by atoms with E-state index in [0.717, 1.165) is 12.1 Å². The van der Waals surface area contributed by atoms with E-state index in [9.17, 15) is 37.2 Å². The Morgan fingerprint density at radius 1 is 1.18 bits per heavy atom. The van der Waals surface area contributed by atoms with Crippen molar-refractivity contribution in [2.45, 2.75) is 37.6 Å². The molecule has 1 aromatic carbocycles. The van der Waals surface area contributed by atoms with Crippen LogP contribution in [0.5, 0.6) is 0 Å². The average molecular weight is 551 g/mol. The largest absolute Gasteiger partial charge is 0.465 e. The summed E-state index contributed by atoms with van der Waals surface area (Å²) in [6, 6.07) is 5.28. The Kier molecular flexibility index (Phi) is 8.41. The Hall–Kier alpha value is -3.99. The zero-order valence-electron chi connectivity index (χ0n) is 21.1. The molecule has 0 bridgehead atoms. The van der Waals surface area contributed by atoms with Crippen molar-refractivity contribution < 1.29 is 31.9 Å². The van der Waals surface area contributed by atoms with E-state index in [1.165, 1.54) is 17.2 Å². The topological polar surface area (TPSA) is 147 Å². The van der Waals surface area contributed by atoms with E-state index in [0.29, 0.717) is 38.1 Å². The second kappa shape index (κ2) is 11.2. The number of hydrogen-bond donors (Lipinski definition) is 2. The highest BCUT2D eigenvalue weighted by Gasteiger charge is 2.29. The van der Waals surface area contributed by atoms with Crippen molar-refractivity contribution in [3.8, 4) is 6.07 Å². The van der Waals surface area contributed by atoms with Crippen LogP contribution in [-0.2, 0) is 14.8 Å². The van der Waals surface area contributed by atoms with Gasteiger partial charge in [-0.3, -0.25) is 9.52 Å². The summed E-state index contributed by atoms with van der Waals surface area (Å²) < 4.78 is 54.3. The number of nitrogens with one attached hydrogen (secondary N) is 1. The average Bonchev–Trinajstić information content (AvgIpc) is 2.82. The smallest absolute Gasteiger partial charge is 0.407 e. The second-order valence-corrected chi connectivity index (χ2v) is 11.3. The molecule has 0 unspecified atom stereocenters. The van der Waals surface area contributed by atoms with Crippen LogP contribution in [-0.4, -0.2) is 78.6 Å². The van der Waals surface area contributed by atoms with Crippen LogP contribution in [0, 0.1) is 23.0 Å². The van der Waals surface area contributed by atoms with Gasteiger partial charge in [0.05, 0.1) is 17.4 Å². The number of anilines is 2. The van der Waals surface area contributed by atoms with Gasteiger partial charge < -0.3 is 19.8 Å². The molecule has 1 aliphatic rings.